The van der Waals surface area contributed by atoms with Crippen molar-refractivity contribution in [1.29, 1.82) is 0 Å². The van der Waals surface area contributed by atoms with Gasteiger partial charge in [-0.3, -0.25) is 0 Å². The van der Waals surface area contributed by atoms with Crippen molar-refractivity contribution >= 4 is 24.1 Å². The van der Waals surface area contributed by atoms with Gasteiger partial charge in [0.2, 0.25) is 0 Å². The van der Waals surface area contributed by atoms with Gasteiger partial charge in [0.15, 0.2) is 0 Å². The molecule has 1 rings (SSSR count). The minimum atomic E-state index is -9.52. The van der Waals surface area contributed by atoms with Gasteiger partial charge in [0.1, 0.15) is 0 Å². The van der Waals surface area contributed by atoms with E-state index in [0.29, 0.717) is 0 Å². The first kappa shape index (κ1) is 85.6. The molecule has 9 nitrogen and oxygen atoms in total. The Morgan fingerprint density at radius 2 is 0.278 bits per heavy atom. The molecule has 1 saturated heterocycles. The van der Waals surface area contributed by atoms with Crippen LogP contribution in [-0.4, -0.2) is 185 Å². The first-order valence-corrected chi connectivity index (χ1v) is 26.2. The molecule has 0 saturated carbocycles. The molecule has 0 spiro atoms. The third-order valence-electron chi connectivity index (χ3n) is 10.6. The molecule has 546 valence electrons. The Morgan fingerprint density at radius 3 is 0.356 bits per heavy atom. The topological polar surface area (TPSA) is 91.5 Å². The average molecular weight is 1530 g/mol. The van der Waals surface area contributed by atoms with Gasteiger partial charge in [0.25, 0.3) is 0 Å². The Bertz CT molecular complexity index is 1970. The zero-order chi connectivity index (χ0) is 72.6. The van der Waals surface area contributed by atoms with Crippen LogP contribution in [0.15, 0.2) is 0 Å². The molecular weight excluding hydrogens is 1500 g/mol. The van der Waals surface area contributed by atoms with Crippen LogP contribution in [0.25, 0.3) is 0 Å². The van der Waals surface area contributed by atoms with Gasteiger partial charge in [-0.25, -0.2) is 0 Å². The molecule has 3 N–H and O–H groups in total. The molecule has 0 radical (unpaired) electrons. The van der Waals surface area contributed by atoms with Crippen LogP contribution in [0.4, 0.5) is 211 Å². The van der Waals surface area contributed by atoms with Crippen LogP contribution < -0.4 is 14.6 Å². The second kappa shape index (κ2) is 25.9. The molecule has 1 fully saturated rings. The summed E-state index contributed by atoms with van der Waals surface area (Å²) in [4.78, 5) is -1.24. The summed E-state index contributed by atoms with van der Waals surface area (Å²) in [6.45, 7) is -30.1. The van der Waals surface area contributed by atoms with E-state index < -0.39 is 223 Å². The summed E-state index contributed by atoms with van der Waals surface area (Å²) in [5, 5.41) is 0. The van der Waals surface area contributed by atoms with Gasteiger partial charge in [-0.05, 0) is 0 Å². The Balaban J connectivity index is 5.40. The molecule has 0 aromatic rings. The molecule has 60 heteroatoms. The van der Waals surface area contributed by atoms with Crippen LogP contribution in [0.5, 0.6) is 0 Å². The number of nitrogens with one attached hydrogen (secondary N) is 3. The fourth-order valence-electron chi connectivity index (χ4n) is 5.28. The van der Waals surface area contributed by atoms with Gasteiger partial charge in [0.05, 0.1) is 0 Å². The summed E-state index contributed by atoms with van der Waals surface area (Å²) >= 11 is 0. The van der Waals surface area contributed by atoms with Gasteiger partial charge in [-0.15, -0.1) is 0 Å². The second-order valence-corrected chi connectivity index (χ2v) is 25.6. The summed E-state index contributed by atoms with van der Waals surface area (Å²) in [7, 11) is -28.6. The average Bonchev–Trinajstić information content (AvgIpc) is 0.774. The summed E-state index contributed by atoms with van der Waals surface area (Å²) in [5.74, 6) is -146. The first-order valence-electron chi connectivity index (χ1n) is 20.7. The first-order chi connectivity index (χ1) is 39.0. The monoisotopic (exact) mass is 1530 g/mol. The van der Waals surface area contributed by atoms with Crippen molar-refractivity contribution in [2.24, 2.45) is 0 Å². The van der Waals surface area contributed by atoms with E-state index >= 15 is 52.7 Å². The zero-order valence-electron chi connectivity index (χ0n) is 40.3. The maximum atomic E-state index is 15.1. The molecular formula is C30H24F48N3O6P3. The van der Waals surface area contributed by atoms with Crippen molar-refractivity contribution in [3.8, 4) is 0 Å². The molecule has 90 heavy (non-hydrogen) atoms. The molecule has 0 aromatic heterocycles. The van der Waals surface area contributed by atoms with Crippen LogP contribution >= 0.6 is 24.1 Å². The van der Waals surface area contributed by atoms with Crippen molar-refractivity contribution < 1.29 is 238 Å². The number of halogens is 48. The van der Waals surface area contributed by atoms with E-state index in [1.54, 1.807) is 0 Å². The van der Waals surface area contributed by atoms with E-state index in [4.69, 9.17) is 0 Å². The van der Waals surface area contributed by atoms with E-state index in [-0.39, 0.29) is 0 Å². The quantitative estimate of drug-likeness (QED) is 0.0419. The molecule has 0 bridgehead atoms. The number of alkyl halides is 48. The van der Waals surface area contributed by atoms with E-state index in [1.165, 1.54) is 0 Å². The van der Waals surface area contributed by atoms with Crippen molar-refractivity contribution in [2.75, 3.05) is 39.6 Å². The van der Waals surface area contributed by atoms with Crippen molar-refractivity contribution in [1.82, 2.24) is 14.6 Å². The summed E-state index contributed by atoms with van der Waals surface area (Å²) in [5.41, 5.74) is 0. The third kappa shape index (κ3) is 15.1. The molecule has 0 amide bonds. The van der Waals surface area contributed by atoms with Crippen LogP contribution in [-0.2, 0) is 27.1 Å². The SMILES string of the molecule is FC(F)C(F)(F)C(F)(F)C(F)(F)CO[PH]1(OCC(F)(F)C(F)(F)C(F)(F)C(F)F)N[PH](OCC(F)(F)C(F)(F)C(F)(F)C(F)F)(OCC(F)(F)C(F)(F)C(F)(F)C(F)F)N[PH](OCC(F)(F)C(F)(F)C(F)(F)C(F)F)(OCC(F)(F)C(F)(F)C(F)(F)C(F)F)N1. The normalized spacial score (nSPS) is 19.7. The van der Waals surface area contributed by atoms with Gasteiger partial charge in [-0.2, -0.15) is 0 Å². The number of rotatable bonds is 36. The van der Waals surface area contributed by atoms with E-state index in [2.05, 4.69) is 27.1 Å². The summed E-state index contributed by atoms with van der Waals surface area (Å²) in [6.07, 6.45) is -38.4. The van der Waals surface area contributed by atoms with Crippen molar-refractivity contribution in [3.63, 3.8) is 0 Å². The standard InChI is InChI=1S/C30H24F48N3O6P3/c31-7(32)19(55,56)25(67,68)13(43,44)1-82-88(83-2-14(45,46)26(69,70)20(57,58)8(33)34)79-89(84-3-15(47,48)27(71,72)21(59,60)9(35)36,85-4-16(49,50)28(73,74)22(61,62)10(37)38)81-90(80-88,86-5-17(51,52)29(75,76)23(63,64)11(39)40)87-6-18(53,54)30(77,78)24(65,66)12(41)42/h7-12,79-81,88-90H,1-6H2. The van der Waals surface area contributed by atoms with Crippen molar-refractivity contribution in [2.45, 2.75) is 145 Å². The molecule has 1 heterocycles. The minimum absolute atomic E-state index is 0.413. The predicted octanol–water partition coefficient (Wildman–Crippen LogP) is 16.1. The van der Waals surface area contributed by atoms with E-state index in [9.17, 15) is 158 Å². The molecule has 0 aromatic carbocycles. The summed E-state index contributed by atoms with van der Waals surface area (Å²) < 4.78 is 698. The van der Waals surface area contributed by atoms with Crippen LogP contribution in [0, 0.1) is 0 Å². The Kier molecular flexibility index (Phi) is 24.6. The molecule has 0 atom stereocenters. The Morgan fingerprint density at radius 1 is 0.189 bits per heavy atom. The summed E-state index contributed by atoms with van der Waals surface area (Å²) in [6, 6.07) is 0. The van der Waals surface area contributed by atoms with Crippen LogP contribution in [0.2, 0.25) is 0 Å². The van der Waals surface area contributed by atoms with Crippen LogP contribution in [0.1, 0.15) is 0 Å². The van der Waals surface area contributed by atoms with Crippen molar-refractivity contribution in [3.05, 3.63) is 0 Å². The molecule has 1 aliphatic rings. The van der Waals surface area contributed by atoms with E-state index in [0.717, 1.165) is 0 Å². The number of hydrogen-bond acceptors (Lipinski definition) is 9. The number of hydrogen-bond donors (Lipinski definition) is 3. The maximum absolute atomic E-state index is 15.1. The van der Waals surface area contributed by atoms with E-state index in [1.807, 2.05) is 0 Å². The van der Waals surface area contributed by atoms with Crippen LogP contribution in [0.3, 0.4) is 0 Å². The zero-order valence-corrected chi connectivity index (χ0v) is 43.3. The van der Waals surface area contributed by atoms with Gasteiger partial charge < -0.3 is 0 Å². The Labute approximate surface area is 462 Å². The molecule has 0 unspecified atom stereocenters. The van der Waals surface area contributed by atoms with Gasteiger partial charge in [-0.1, -0.05) is 0 Å². The fourth-order valence-corrected chi connectivity index (χ4v) is 18.9. The second-order valence-electron chi connectivity index (χ2n) is 17.2. The fraction of sp³-hybridized carbons (Fsp3) is 1.00. The predicted molar refractivity (Wildman–Crippen MR) is 195 cm³/mol. The van der Waals surface area contributed by atoms with Gasteiger partial charge >= 0.3 is 461 Å². The molecule has 1 aliphatic heterocycles. The van der Waals surface area contributed by atoms with Gasteiger partial charge in [0, 0.05) is 0 Å². The molecule has 0 aliphatic carbocycles. The third-order valence-corrected chi connectivity index (χ3v) is 21.8. The Hall–Kier alpha value is -2.43.